The van der Waals surface area contributed by atoms with Crippen LogP contribution in [0.2, 0.25) is 0 Å². The maximum Gasteiger partial charge on any atom is 0.282 e. The van der Waals surface area contributed by atoms with Crippen molar-refractivity contribution in [1.82, 2.24) is 3.97 Å². The molecule has 0 saturated carbocycles. The zero-order valence-electron chi connectivity index (χ0n) is 24.7. The summed E-state index contributed by atoms with van der Waals surface area (Å²) in [6, 6.07) is 6.21. The van der Waals surface area contributed by atoms with E-state index >= 15 is 0 Å². The molecule has 1 fully saturated rings. The first kappa shape index (κ1) is 26.4. The summed E-state index contributed by atoms with van der Waals surface area (Å²) in [7, 11) is -13.0. The number of methoxy groups -OCH3 is 1. The second kappa shape index (κ2) is 10.2. The third kappa shape index (κ3) is 5.13. The number of sulfonamides is 1. The van der Waals surface area contributed by atoms with Gasteiger partial charge in [0.25, 0.3) is 32.4 Å². The Morgan fingerprint density at radius 3 is 2.31 bits per heavy atom. The van der Waals surface area contributed by atoms with E-state index in [-0.39, 0.29) is 10.5 Å². The van der Waals surface area contributed by atoms with Gasteiger partial charge in [-0.1, -0.05) is 17.7 Å². The number of ether oxygens (including phenoxy) is 1. The van der Waals surface area contributed by atoms with Crippen molar-refractivity contribution >= 4 is 31.4 Å². The van der Waals surface area contributed by atoms with E-state index in [1.807, 2.05) is 4.72 Å². The van der Waals surface area contributed by atoms with E-state index < -0.39 is 111 Å². The van der Waals surface area contributed by atoms with Gasteiger partial charge in [0.1, 0.15) is 22.1 Å². The number of alkyl halides is 4. The van der Waals surface area contributed by atoms with Crippen LogP contribution in [-0.4, -0.2) is 58.9 Å². The number of hydrogen-bond donors (Lipinski definition) is 1. The predicted molar refractivity (Wildman–Crippen MR) is 140 cm³/mol. The van der Waals surface area contributed by atoms with Crippen LogP contribution in [-0.2, 0) is 37.6 Å². The molecule has 1 aliphatic heterocycles. The zero-order valence-corrected chi connectivity index (χ0v) is 23.3. The van der Waals surface area contributed by atoms with Crippen LogP contribution in [0.4, 0.5) is 37.7 Å². The molecule has 2 aliphatic rings. The van der Waals surface area contributed by atoms with Crippen molar-refractivity contribution in [1.29, 1.82) is 0 Å². The molecule has 42 heavy (non-hydrogen) atoms. The summed E-state index contributed by atoms with van der Waals surface area (Å²) in [4.78, 5) is -0.288. The Hall–Kier alpha value is -3.24. The highest BCUT2D eigenvalue weighted by Gasteiger charge is 2.47. The summed E-state index contributed by atoms with van der Waals surface area (Å²) in [5.41, 5.74) is -4.32. The monoisotopic (exact) mass is 640 g/mol. The van der Waals surface area contributed by atoms with E-state index in [1.165, 1.54) is 24.3 Å². The number of aromatic nitrogens is 1. The van der Waals surface area contributed by atoms with Crippen LogP contribution in [0.5, 0.6) is 0 Å². The molecule has 1 aromatic heterocycles. The fourth-order valence-electron chi connectivity index (χ4n) is 5.02. The lowest BCUT2D eigenvalue weighted by Gasteiger charge is -2.40. The molecule has 228 valence electrons. The summed E-state index contributed by atoms with van der Waals surface area (Å²) >= 11 is 0. The minimum Gasteiger partial charge on any atom is -0.372 e. The topological polar surface area (TPSA) is 97.7 Å². The molecule has 8 nitrogen and oxygen atoms in total. The summed E-state index contributed by atoms with van der Waals surface area (Å²) in [5.74, 6) is -5.67. The largest absolute Gasteiger partial charge is 0.372 e. The summed E-state index contributed by atoms with van der Waals surface area (Å²) in [5, 5.41) is 0. The molecule has 1 aliphatic carbocycles. The SMILES string of the molecule is [2H]C([2H])([2H])O[C@@]1(C(F)F)CCc2c(S(=O)(=O)Nc3cc(F)c(N4CC(F)(F)C4)cc3F)cn(S(=O)(=O)c3ccc(C)cc3)c2C1. The van der Waals surface area contributed by atoms with Crippen molar-refractivity contribution in [2.45, 2.75) is 53.9 Å². The van der Waals surface area contributed by atoms with Gasteiger partial charge in [-0.2, -0.15) is 0 Å². The number of halogens is 6. The van der Waals surface area contributed by atoms with Crippen LogP contribution < -0.4 is 9.62 Å². The molecule has 1 saturated heterocycles. The van der Waals surface area contributed by atoms with Crippen molar-refractivity contribution in [2.75, 3.05) is 29.7 Å². The smallest absolute Gasteiger partial charge is 0.282 e. The second-order valence-corrected chi connectivity index (χ2v) is 13.7. The Kier molecular flexibility index (Phi) is 6.40. The van der Waals surface area contributed by atoms with E-state index in [2.05, 4.69) is 0 Å². The maximum absolute atomic E-state index is 15.0. The molecule has 3 aromatic rings. The molecule has 1 N–H and O–H groups in total. The molecule has 16 heteroatoms. The molecule has 2 heterocycles. The number of aryl methyl sites for hydroxylation is 1. The van der Waals surface area contributed by atoms with Crippen LogP contribution in [0.3, 0.4) is 0 Å². The number of anilines is 2. The lowest BCUT2D eigenvalue weighted by atomic mass is 9.84. The van der Waals surface area contributed by atoms with Gasteiger partial charge in [-0.15, -0.1) is 0 Å². The average Bonchev–Trinajstić information content (AvgIpc) is 3.28. The number of rotatable bonds is 8. The van der Waals surface area contributed by atoms with Crippen molar-refractivity contribution in [3.05, 3.63) is 71.1 Å². The number of benzene rings is 2. The quantitative estimate of drug-likeness (QED) is 0.359. The molecule has 1 atom stereocenters. The number of nitrogens with zero attached hydrogens (tertiary/aromatic N) is 2. The van der Waals surface area contributed by atoms with Crippen molar-refractivity contribution in [3.63, 3.8) is 0 Å². The third-order valence-corrected chi connectivity index (χ3v) is 10.5. The van der Waals surface area contributed by atoms with Crippen molar-refractivity contribution < 1.29 is 52.0 Å². The zero-order chi connectivity index (χ0) is 33.3. The Balaban J connectivity index is 1.60. The van der Waals surface area contributed by atoms with Crippen LogP contribution in [0.25, 0.3) is 0 Å². The third-order valence-electron chi connectivity index (χ3n) is 7.35. The Labute approximate surface area is 242 Å². The maximum atomic E-state index is 15.0. The Bertz CT molecular complexity index is 1860. The van der Waals surface area contributed by atoms with Gasteiger partial charge in [-0.25, -0.2) is 47.2 Å². The summed E-state index contributed by atoms with van der Waals surface area (Å²) < 4.78 is 169. The number of hydrogen-bond acceptors (Lipinski definition) is 6. The summed E-state index contributed by atoms with van der Waals surface area (Å²) in [6.45, 7) is -0.0922. The molecule has 2 aromatic carbocycles. The lowest BCUT2D eigenvalue weighted by Crippen LogP contribution is -2.56. The average molecular weight is 641 g/mol. The Morgan fingerprint density at radius 2 is 1.71 bits per heavy atom. The van der Waals surface area contributed by atoms with E-state index in [1.54, 1.807) is 6.92 Å². The van der Waals surface area contributed by atoms with Gasteiger partial charge >= 0.3 is 0 Å². The van der Waals surface area contributed by atoms with Crippen molar-refractivity contribution in [3.8, 4) is 0 Å². The van der Waals surface area contributed by atoms with Gasteiger partial charge in [-0.3, -0.25) is 4.72 Å². The summed E-state index contributed by atoms with van der Waals surface area (Å²) in [6.07, 6.45) is -5.18. The molecular formula is C26H25F6N3O5S2. The fourth-order valence-corrected chi connectivity index (χ4v) is 7.85. The highest BCUT2D eigenvalue weighted by Crippen LogP contribution is 2.41. The molecule has 0 bridgehead atoms. The molecule has 0 unspecified atom stereocenters. The first-order valence-corrected chi connectivity index (χ1v) is 15.2. The minimum absolute atomic E-state index is 0.288. The van der Waals surface area contributed by atoms with Crippen LogP contribution in [0.1, 0.15) is 27.4 Å². The molecule has 5 rings (SSSR count). The van der Waals surface area contributed by atoms with Gasteiger partial charge < -0.3 is 9.64 Å². The van der Waals surface area contributed by atoms with Crippen LogP contribution >= 0.6 is 0 Å². The molecular weight excluding hydrogens is 612 g/mol. The molecule has 0 amide bonds. The van der Waals surface area contributed by atoms with E-state index in [9.17, 15) is 43.2 Å². The minimum atomic E-state index is -4.97. The van der Waals surface area contributed by atoms with Gasteiger partial charge in [0, 0.05) is 37.5 Å². The number of fused-ring (bicyclic) bond motifs is 1. The van der Waals surface area contributed by atoms with Crippen LogP contribution in [0, 0.1) is 18.6 Å². The van der Waals surface area contributed by atoms with Gasteiger partial charge in [0.05, 0.1) is 33.5 Å². The predicted octanol–water partition coefficient (Wildman–Crippen LogP) is 4.71. The lowest BCUT2D eigenvalue weighted by molar-refractivity contribution is -0.128. The Morgan fingerprint density at radius 1 is 1.05 bits per heavy atom. The van der Waals surface area contributed by atoms with E-state index in [4.69, 9.17) is 8.85 Å². The highest BCUT2D eigenvalue weighted by molar-refractivity contribution is 7.93. The van der Waals surface area contributed by atoms with E-state index in [0.29, 0.717) is 27.9 Å². The van der Waals surface area contributed by atoms with Gasteiger partial charge in [0.15, 0.2) is 0 Å². The second-order valence-electron chi connectivity index (χ2n) is 10.3. The van der Waals surface area contributed by atoms with Gasteiger partial charge in [0.2, 0.25) is 0 Å². The molecule has 0 spiro atoms. The van der Waals surface area contributed by atoms with Crippen LogP contribution in [0.15, 0.2) is 52.4 Å². The van der Waals surface area contributed by atoms with Crippen molar-refractivity contribution in [2.24, 2.45) is 0 Å². The highest BCUT2D eigenvalue weighted by atomic mass is 32.2. The first-order valence-electron chi connectivity index (χ1n) is 13.8. The molecule has 0 radical (unpaired) electrons. The van der Waals surface area contributed by atoms with E-state index in [0.717, 1.165) is 4.90 Å². The van der Waals surface area contributed by atoms with Gasteiger partial charge in [-0.05, 0) is 37.5 Å². The number of nitrogens with one attached hydrogen (secondary N) is 1. The standard InChI is InChI=1S/C26H25F6N3O5S2/c1-15-3-5-16(6-4-15)42(38,39)35-12-23(17-7-8-25(40-2,24(29)30)11-22(17)35)41(36,37)33-20-9-19(28)21(10-18(20)27)34-13-26(31,32)14-34/h3-6,9-10,12,24,33H,7-8,11,13-14H2,1-2H3/t25-/m0/s1/i2D3. The first-order chi connectivity index (χ1) is 20.6. The fraction of sp³-hybridized carbons (Fsp3) is 0.385. The normalized spacial score (nSPS) is 21.7.